The molecular formula is C13H10ClFIN3. The maximum atomic E-state index is 13.5. The van der Waals surface area contributed by atoms with Gasteiger partial charge in [-0.05, 0) is 53.6 Å². The molecule has 19 heavy (non-hydrogen) atoms. The Morgan fingerprint density at radius 1 is 1.32 bits per heavy atom. The summed E-state index contributed by atoms with van der Waals surface area (Å²) < 4.78 is 14.4. The van der Waals surface area contributed by atoms with E-state index in [0.717, 1.165) is 22.1 Å². The Hall–Kier alpha value is -0.950. The standard InChI is InChI=1S/C13H10ClFIN3/c14-8-4-3-7(5-9(8)15)13-18-11(6-1-2-6)10(16)12(17)19-13/h3-6H,1-2H2,(H2,17,18,19). The third-order valence-electron chi connectivity index (χ3n) is 3.04. The molecule has 6 heteroatoms. The second-order valence-corrected chi connectivity index (χ2v) is 6.02. The van der Waals surface area contributed by atoms with Gasteiger partial charge in [-0.2, -0.15) is 0 Å². The van der Waals surface area contributed by atoms with Crippen LogP contribution in [0.15, 0.2) is 18.2 Å². The first-order valence-corrected chi connectivity index (χ1v) is 7.30. The van der Waals surface area contributed by atoms with Gasteiger partial charge in [0.1, 0.15) is 11.6 Å². The molecule has 3 nitrogen and oxygen atoms in total. The monoisotopic (exact) mass is 389 g/mol. The number of nitrogen functional groups attached to an aromatic ring is 1. The van der Waals surface area contributed by atoms with E-state index in [1.165, 1.54) is 12.1 Å². The van der Waals surface area contributed by atoms with Crippen molar-refractivity contribution >= 4 is 40.0 Å². The van der Waals surface area contributed by atoms with Crippen LogP contribution in [0, 0.1) is 9.39 Å². The van der Waals surface area contributed by atoms with Crippen LogP contribution in [0.25, 0.3) is 11.4 Å². The molecule has 0 bridgehead atoms. The zero-order valence-corrected chi connectivity index (χ0v) is 12.7. The predicted molar refractivity (Wildman–Crippen MR) is 81.5 cm³/mol. The summed E-state index contributed by atoms with van der Waals surface area (Å²) in [6.45, 7) is 0. The van der Waals surface area contributed by atoms with Crippen molar-refractivity contribution in [3.05, 3.63) is 38.3 Å². The highest BCUT2D eigenvalue weighted by atomic mass is 127. The number of nitrogens with two attached hydrogens (primary N) is 1. The molecule has 0 spiro atoms. The average molecular weight is 390 g/mol. The molecule has 0 aliphatic heterocycles. The van der Waals surface area contributed by atoms with Crippen molar-refractivity contribution in [1.29, 1.82) is 0 Å². The highest BCUT2D eigenvalue weighted by molar-refractivity contribution is 14.1. The number of rotatable bonds is 2. The average Bonchev–Trinajstić information content (AvgIpc) is 3.20. The first kappa shape index (κ1) is 13.1. The van der Waals surface area contributed by atoms with Crippen molar-refractivity contribution in [3.8, 4) is 11.4 Å². The lowest BCUT2D eigenvalue weighted by Crippen LogP contribution is -2.04. The maximum absolute atomic E-state index is 13.5. The fraction of sp³-hybridized carbons (Fsp3) is 0.231. The minimum Gasteiger partial charge on any atom is -0.383 e. The van der Waals surface area contributed by atoms with Crippen LogP contribution < -0.4 is 5.73 Å². The zero-order chi connectivity index (χ0) is 13.6. The highest BCUT2D eigenvalue weighted by Gasteiger charge is 2.29. The van der Waals surface area contributed by atoms with Crippen LogP contribution in [0.2, 0.25) is 5.02 Å². The molecule has 0 atom stereocenters. The molecule has 0 unspecified atom stereocenters. The molecule has 0 amide bonds. The van der Waals surface area contributed by atoms with E-state index in [9.17, 15) is 4.39 Å². The van der Waals surface area contributed by atoms with Gasteiger partial charge in [0.15, 0.2) is 5.82 Å². The van der Waals surface area contributed by atoms with Gasteiger partial charge in [-0.15, -0.1) is 0 Å². The van der Waals surface area contributed by atoms with E-state index in [4.69, 9.17) is 17.3 Å². The Kier molecular flexibility index (Phi) is 3.34. The van der Waals surface area contributed by atoms with E-state index in [-0.39, 0.29) is 5.02 Å². The van der Waals surface area contributed by atoms with Gasteiger partial charge in [0.05, 0.1) is 14.3 Å². The Morgan fingerprint density at radius 3 is 2.68 bits per heavy atom. The quantitative estimate of drug-likeness (QED) is 0.790. The lowest BCUT2D eigenvalue weighted by molar-refractivity contribution is 0.628. The van der Waals surface area contributed by atoms with Crippen molar-refractivity contribution in [1.82, 2.24) is 9.97 Å². The van der Waals surface area contributed by atoms with Gasteiger partial charge in [0, 0.05) is 11.5 Å². The molecule has 2 N–H and O–H groups in total. The van der Waals surface area contributed by atoms with Crippen molar-refractivity contribution in [3.63, 3.8) is 0 Å². The highest BCUT2D eigenvalue weighted by Crippen LogP contribution is 2.42. The number of hydrogen-bond donors (Lipinski definition) is 1. The number of benzene rings is 1. The number of hydrogen-bond acceptors (Lipinski definition) is 3. The number of halogens is 3. The van der Waals surface area contributed by atoms with Gasteiger partial charge >= 0.3 is 0 Å². The summed E-state index contributed by atoms with van der Waals surface area (Å²) in [7, 11) is 0. The summed E-state index contributed by atoms with van der Waals surface area (Å²) in [5.41, 5.74) is 7.47. The van der Waals surface area contributed by atoms with Crippen LogP contribution in [0.5, 0.6) is 0 Å². The largest absolute Gasteiger partial charge is 0.383 e. The van der Waals surface area contributed by atoms with Gasteiger partial charge in [0.2, 0.25) is 0 Å². The molecule has 1 aromatic carbocycles. The first-order chi connectivity index (χ1) is 9.06. The SMILES string of the molecule is Nc1nc(-c2ccc(Cl)c(F)c2)nc(C2CC2)c1I. The van der Waals surface area contributed by atoms with Crippen molar-refractivity contribution in [2.24, 2.45) is 0 Å². The van der Waals surface area contributed by atoms with Crippen LogP contribution in [-0.2, 0) is 0 Å². The lowest BCUT2D eigenvalue weighted by atomic mass is 10.2. The second-order valence-electron chi connectivity index (χ2n) is 4.53. The van der Waals surface area contributed by atoms with E-state index in [2.05, 4.69) is 32.6 Å². The lowest BCUT2D eigenvalue weighted by Gasteiger charge is -2.08. The Morgan fingerprint density at radius 2 is 2.05 bits per heavy atom. The number of aromatic nitrogens is 2. The van der Waals surface area contributed by atoms with E-state index in [1.807, 2.05) is 0 Å². The molecular weight excluding hydrogens is 380 g/mol. The van der Waals surface area contributed by atoms with Crippen LogP contribution in [0.1, 0.15) is 24.5 Å². The van der Waals surface area contributed by atoms with Gasteiger partial charge in [-0.25, -0.2) is 14.4 Å². The minimum atomic E-state index is -0.479. The van der Waals surface area contributed by atoms with Crippen molar-refractivity contribution in [2.45, 2.75) is 18.8 Å². The maximum Gasteiger partial charge on any atom is 0.161 e. The minimum absolute atomic E-state index is 0.0876. The summed E-state index contributed by atoms with van der Waals surface area (Å²) in [6, 6.07) is 4.53. The second kappa shape index (κ2) is 4.86. The van der Waals surface area contributed by atoms with Crippen LogP contribution in [0.4, 0.5) is 10.2 Å². The predicted octanol–water partition coefficient (Wildman–Crippen LogP) is 4.00. The normalized spacial score (nSPS) is 14.7. The van der Waals surface area contributed by atoms with Gasteiger partial charge in [-0.1, -0.05) is 11.6 Å². The van der Waals surface area contributed by atoms with Crippen LogP contribution >= 0.6 is 34.2 Å². The topological polar surface area (TPSA) is 51.8 Å². The fourth-order valence-electron chi connectivity index (χ4n) is 1.87. The summed E-state index contributed by atoms with van der Waals surface area (Å²) >= 11 is 7.84. The molecule has 1 aliphatic carbocycles. The Labute approximate surface area is 128 Å². The molecule has 1 fully saturated rings. The fourth-order valence-corrected chi connectivity index (χ4v) is 2.67. The van der Waals surface area contributed by atoms with E-state index < -0.39 is 5.82 Å². The zero-order valence-electron chi connectivity index (χ0n) is 9.83. The first-order valence-electron chi connectivity index (χ1n) is 5.84. The van der Waals surface area contributed by atoms with E-state index in [1.54, 1.807) is 6.07 Å². The third kappa shape index (κ3) is 2.53. The molecule has 1 saturated carbocycles. The van der Waals surface area contributed by atoms with Gasteiger partial charge < -0.3 is 5.73 Å². The Balaban J connectivity index is 2.11. The molecule has 98 valence electrons. The van der Waals surface area contributed by atoms with Crippen LogP contribution in [0.3, 0.4) is 0 Å². The van der Waals surface area contributed by atoms with Crippen molar-refractivity contribution in [2.75, 3.05) is 5.73 Å². The number of anilines is 1. The number of nitrogens with zero attached hydrogens (tertiary/aromatic N) is 2. The molecule has 1 heterocycles. The summed E-state index contributed by atoms with van der Waals surface area (Å²) in [5, 5.41) is 0.0876. The van der Waals surface area contributed by atoms with Gasteiger partial charge in [0.25, 0.3) is 0 Å². The van der Waals surface area contributed by atoms with E-state index >= 15 is 0 Å². The molecule has 1 aliphatic rings. The van der Waals surface area contributed by atoms with Crippen molar-refractivity contribution < 1.29 is 4.39 Å². The molecule has 0 radical (unpaired) electrons. The smallest absolute Gasteiger partial charge is 0.161 e. The molecule has 0 saturated heterocycles. The Bertz CT molecular complexity index is 659. The third-order valence-corrected chi connectivity index (χ3v) is 4.46. The molecule has 2 aromatic rings. The summed E-state index contributed by atoms with van der Waals surface area (Å²) in [5.74, 6) is 0.888. The molecule has 3 rings (SSSR count). The molecule has 1 aromatic heterocycles. The van der Waals surface area contributed by atoms with E-state index in [0.29, 0.717) is 23.1 Å². The van der Waals surface area contributed by atoms with Crippen LogP contribution in [-0.4, -0.2) is 9.97 Å². The van der Waals surface area contributed by atoms with Gasteiger partial charge in [-0.3, -0.25) is 0 Å². The summed E-state index contributed by atoms with van der Waals surface area (Å²) in [6.07, 6.45) is 2.25. The summed E-state index contributed by atoms with van der Waals surface area (Å²) in [4.78, 5) is 8.76.